The summed E-state index contributed by atoms with van der Waals surface area (Å²) in [5, 5.41) is 8.09. The van der Waals surface area contributed by atoms with Gasteiger partial charge in [0.15, 0.2) is 0 Å². The number of carbonyl (C=O) groups excluding carboxylic acids is 2. The molecule has 0 aromatic carbocycles. The van der Waals surface area contributed by atoms with Gasteiger partial charge >= 0.3 is 0 Å². The van der Waals surface area contributed by atoms with Crippen LogP contribution >= 0.6 is 0 Å². The van der Waals surface area contributed by atoms with Crippen LogP contribution in [0.1, 0.15) is 20.8 Å². The standard InChI is InChI=1S/C9H19N3O2/c1-4-11-8(13)5-10-6-9(14)12-7(2)3/h7,10H,4-6H2,1-3H3,(H,11,13)(H,12,14). The molecule has 0 aliphatic heterocycles. The van der Waals surface area contributed by atoms with E-state index >= 15 is 0 Å². The predicted molar refractivity (Wildman–Crippen MR) is 54.8 cm³/mol. The van der Waals surface area contributed by atoms with Gasteiger partial charge in [-0.1, -0.05) is 0 Å². The molecule has 0 aliphatic carbocycles. The Morgan fingerprint density at radius 1 is 1.14 bits per heavy atom. The van der Waals surface area contributed by atoms with Crippen LogP contribution in [0.5, 0.6) is 0 Å². The Morgan fingerprint density at radius 3 is 2.21 bits per heavy atom. The monoisotopic (exact) mass is 201 g/mol. The fourth-order valence-electron chi connectivity index (χ4n) is 0.922. The zero-order valence-corrected chi connectivity index (χ0v) is 9.02. The molecular weight excluding hydrogens is 182 g/mol. The Morgan fingerprint density at radius 2 is 1.71 bits per heavy atom. The van der Waals surface area contributed by atoms with Gasteiger partial charge in [0.1, 0.15) is 0 Å². The molecule has 0 atom stereocenters. The molecule has 5 nitrogen and oxygen atoms in total. The van der Waals surface area contributed by atoms with E-state index in [9.17, 15) is 9.59 Å². The van der Waals surface area contributed by atoms with Crippen LogP contribution in [0.3, 0.4) is 0 Å². The lowest BCUT2D eigenvalue weighted by Gasteiger charge is -2.08. The van der Waals surface area contributed by atoms with Crippen molar-refractivity contribution in [2.45, 2.75) is 26.8 Å². The molecule has 0 saturated heterocycles. The van der Waals surface area contributed by atoms with Crippen LogP contribution in [0.25, 0.3) is 0 Å². The summed E-state index contributed by atoms with van der Waals surface area (Å²) in [6.45, 7) is 6.60. The normalized spacial score (nSPS) is 10.0. The van der Waals surface area contributed by atoms with Crippen LogP contribution in [0.15, 0.2) is 0 Å². The summed E-state index contributed by atoms with van der Waals surface area (Å²) in [4.78, 5) is 22.0. The summed E-state index contributed by atoms with van der Waals surface area (Å²) >= 11 is 0. The minimum atomic E-state index is -0.0932. The molecule has 5 heteroatoms. The van der Waals surface area contributed by atoms with Gasteiger partial charge in [0.25, 0.3) is 0 Å². The van der Waals surface area contributed by atoms with E-state index in [2.05, 4.69) is 16.0 Å². The van der Waals surface area contributed by atoms with E-state index in [-0.39, 0.29) is 30.9 Å². The highest BCUT2D eigenvalue weighted by Gasteiger charge is 2.03. The second kappa shape index (κ2) is 7.32. The van der Waals surface area contributed by atoms with Gasteiger partial charge in [0.2, 0.25) is 11.8 Å². The molecule has 2 amide bonds. The summed E-state index contributed by atoms with van der Waals surface area (Å²) in [6, 6.07) is 0.133. The van der Waals surface area contributed by atoms with Crippen molar-refractivity contribution >= 4 is 11.8 Å². The molecule has 0 rings (SSSR count). The van der Waals surface area contributed by atoms with E-state index in [1.54, 1.807) is 0 Å². The maximum atomic E-state index is 11.1. The molecule has 0 heterocycles. The number of carbonyl (C=O) groups is 2. The Kier molecular flexibility index (Phi) is 6.74. The first-order chi connectivity index (χ1) is 6.56. The lowest BCUT2D eigenvalue weighted by Crippen LogP contribution is -2.41. The number of hydrogen-bond acceptors (Lipinski definition) is 3. The van der Waals surface area contributed by atoms with Crippen molar-refractivity contribution in [2.24, 2.45) is 0 Å². The Balaban J connectivity index is 3.44. The minimum Gasteiger partial charge on any atom is -0.355 e. The maximum Gasteiger partial charge on any atom is 0.234 e. The molecule has 14 heavy (non-hydrogen) atoms. The van der Waals surface area contributed by atoms with Crippen LogP contribution in [-0.2, 0) is 9.59 Å². The molecule has 0 radical (unpaired) electrons. The number of hydrogen-bond donors (Lipinski definition) is 3. The van der Waals surface area contributed by atoms with Gasteiger partial charge in [-0.2, -0.15) is 0 Å². The Hall–Kier alpha value is -1.10. The van der Waals surface area contributed by atoms with Crippen LogP contribution in [0.2, 0.25) is 0 Å². The molecule has 0 aromatic heterocycles. The molecule has 0 fully saturated rings. The zero-order chi connectivity index (χ0) is 11.0. The lowest BCUT2D eigenvalue weighted by molar-refractivity contribution is -0.121. The smallest absolute Gasteiger partial charge is 0.234 e. The summed E-state index contributed by atoms with van der Waals surface area (Å²) in [5.74, 6) is -0.186. The second-order valence-electron chi connectivity index (χ2n) is 3.28. The molecule has 82 valence electrons. The highest BCUT2D eigenvalue weighted by Crippen LogP contribution is 1.75. The fraction of sp³-hybridized carbons (Fsp3) is 0.778. The van der Waals surface area contributed by atoms with E-state index in [0.717, 1.165) is 0 Å². The molecular formula is C9H19N3O2. The van der Waals surface area contributed by atoms with E-state index in [1.807, 2.05) is 20.8 Å². The third-order valence-electron chi connectivity index (χ3n) is 1.39. The first kappa shape index (κ1) is 12.9. The van der Waals surface area contributed by atoms with Gasteiger partial charge in [-0.25, -0.2) is 0 Å². The molecule has 0 saturated carbocycles. The van der Waals surface area contributed by atoms with Crippen LogP contribution in [0.4, 0.5) is 0 Å². The number of amides is 2. The molecule has 0 aliphatic rings. The largest absolute Gasteiger partial charge is 0.355 e. The van der Waals surface area contributed by atoms with Crippen molar-refractivity contribution in [3.8, 4) is 0 Å². The quantitative estimate of drug-likeness (QED) is 0.529. The van der Waals surface area contributed by atoms with Crippen molar-refractivity contribution < 1.29 is 9.59 Å². The molecule has 0 bridgehead atoms. The number of rotatable bonds is 6. The topological polar surface area (TPSA) is 70.2 Å². The highest BCUT2D eigenvalue weighted by atomic mass is 16.2. The highest BCUT2D eigenvalue weighted by molar-refractivity contribution is 5.81. The molecule has 3 N–H and O–H groups in total. The van der Waals surface area contributed by atoms with Gasteiger partial charge in [0.05, 0.1) is 13.1 Å². The molecule has 0 unspecified atom stereocenters. The van der Waals surface area contributed by atoms with Crippen molar-refractivity contribution in [1.82, 2.24) is 16.0 Å². The maximum absolute atomic E-state index is 11.1. The van der Waals surface area contributed by atoms with Gasteiger partial charge in [-0.15, -0.1) is 0 Å². The minimum absolute atomic E-state index is 0.0927. The van der Waals surface area contributed by atoms with Crippen molar-refractivity contribution in [3.05, 3.63) is 0 Å². The third kappa shape index (κ3) is 7.54. The van der Waals surface area contributed by atoms with Crippen molar-refractivity contribution in [2.75, 3.05) is 19.6 Å². The lowest BCUT2D eigenvalue weighted by atomic mass is 10.4. The van der Waals surface area contributed by atoms with Crippen molar-refractivity contribution in [3.63, 3.8) is 0 Å². The summed E-state index contributed by atoms with van der Waals surface area (Å²) in [5.41, 5.74) is 0. The van der Waals surface area contributed by atoms with Crippen LogP contribution in [0, 0.1) is 0 Å². The fourth-order valence-corrected chi connectivity index (χ4v) is 0.922. The second-order valence-corrected chi connectivity index (χ2v) is 3.28. The van der Waals surface area contributed by atoms with Gasteiger partial charge in [-0.3, -0.25) is 14.9 Å². The predicted octanol–water partition coefficient (Wildman–Crippen LogP) is -0.763. The first-order valence-corrected chi connectivity index (χ1v) is 4.83. The Bertz CT molecular complexity index is 192. The number of likely N-dealkylation sites (N-methyl/N-ethyl adjacent to an activating group) is 1. The van der Waals surface area contributed by atoms with Gasteiger partial charge < -0.3 is 10.6 Å². The summed E-state index contributed by atoms with van der Waals surface area (Å²) in [7, 11) is 0. The molecule has 0 aromatic rings. The van der Waals surface area contributed by atoms with E-state index in [0.29, 0.717) is 6.54 Å². The van der Waals surface area contributed by atoms with E-state index < -0.39 is 0 Å². The Labute approximate surface area is 84.6 Å². The average molecular weight is 201 g/mol. The number of nitrogens with one attached hydrogen (secondary N) is 3. The van der Waals surface area contributed by atoms with Crippen molar-refractivity contribution in [1.29, 1.82) is 0 Å². The SMILES string of the molecule is CCNC(=O)CNCC(=O)NC(C)C. The summed E-state index contributed by atoms with van der Waals surface area (Å²) in [6.07, 6.45) is 0. The van der Waals surface area contributed by atoms with Crippen LogP contribution < -0.4 is 16.0 Å². The van der Waals surface area contributed by atoms with Gasteiger partial charge in [-0.05, 0) is 20.8 Å². The summed E-state index contributed by atoms with van der Waals surface area (Å²) < 4.78 is 0. The van der Waals surface area contributed by atoms with E-state index in [4.69, 9.17) is 0 Å². The van der Waals surface area contributed by atoms with Crippen LogP contribution in [-0.4, -0.2) is 37.5 Å². The van der Waals surface area contributed by atoms with Gasteiger partial charge in [0, 0.05) is 12.6 Å². The van der Waals surface area contributed by atoms with E-state index in [1.165, 1.54) is 0 Å². The molecule has 0 spiro atoms. The first-order valence-electron chi connectivity index (χ1n) is 4.83. The zero-order valence-electron chi connectivity index (χ0n) is 9.02. The average Bonchev–Trinajstić information content (AvgIpc) is 2.02. The third-order valence-corrected chi connectivity index (χ3v) is 1.39.